The van der Waals surface area contributed by atoms with Crippen LogP contribution in [0.15, 0.2) is 53.9 Å². The highest BCUT2D eigenvalue weighted by Crippen LogP contribution is 2.26. The molecule has 0 aliphatic carbocycles. The van der Waals surface area contributed by atoms with Crippen LogP contribution in [-0.2, 0) is 4.79 Å². The minimum Gasteiger partial charge on any atom is -0.290 e. The van der Waals surface area contributed by atoms with Gasteiger partial charge >= 0.3 is 0 Å². The maximum atomic E-state index is 13.1. The number of hydrogen-bond acceptors (Lipinski definition) is 4. The average Bonchev–Trinajstić information content (AvgIpc) is 3.23. The molecule has 0 saturated heterocycles. The number of nitrogens with zero attached hydrogens (tertiary/aromatic N) is 3. The third kappa shape index (κ3) is 3.91. The molecule has 0 aliphatic rings. The first-order chi connectivity index (χ1) is 13.5. The molecule has 0 saturated carbocycles. The molecule has 4 rings (SSSR count). The lowest BCUT2D eigenvalue weighted by Gasteiger charge is -1.99. The van der Waals surface area contributed by atoms with Crippen molar-refractivity contribution in [2.24, 2.45) is 0 Å². The number of fused-ring (bicyclic) bond motifs is 1. The first kappa shape index (κ1) is 18.6. The number of carbonyl (C=O) groups excluding carboxylic acids is 1. The summed E-state index contributed by atoms with van der Waals surface area (Å²) in [5.74, 6) is -0.512. The fraction of sp³-hybridized carbons (Fsp3) is 0. The largest absolute Gasteiger partial charge is 0.290 e. The highest BCUT2D eigenvalue weighted by molar-refractivity contribution is 7.15. The van der Waals surface area contributed by atoms with E-state index >= 15 is 0 Å². The van der Waals surface area contributed by atoms with Crippen LogP contribution in [0.4, 0.5) is 10.3 Å². The van der Waals surface area contributed by atoms with Crippen LogP contribution in [0, 0.1) is 5.82 Å². The molecule has 0 radical (unpaired) electrons. The number of thiazole rings is 1. The topological polar surface area (TPSA) is 59.3 Å². The fourth-order valence-corrected chi connectivity index (χ4v) is 3.63. The van der Waals surface area contributed by atoms with Crippen molar-refractivity contribution < 1.29 is 9.18 Å². The summed E-state index contributed by atoms with van der Waals surface area (Å²) >= 11 is 13.2. The molecule has 1 N–H and O–H groups in total. The zero-order valence-electron chi connectivity index (χ0n) is 14.1. The monoisotopic (exact) mass is 432 g/mol. The average molecular weight is 433 g/mol. The molecule has 4 aromatic rings. The van der Waals surface area contributed by atoms with Crippen molar-refractivity contribution in [2.75, 3.05) is 5.32 Å². The van der Waals surface area contributed by atoms with Gasteiger partial charge in [-0.05, 0) is 48.0 Å². The Labute approximate surface area is 173 Å². The molecule has 2 aromatic carbocycles. The zero-order chi connectivity index (χ0) is 19.7. The van der Waals surface area contributed by atoms with Gasteiger partial charge in [0, 0.05) is 17.0 Å². The maximum absolute atomic E-state index is 13.1. The number of nitrogens with one attached hydrogen (secondary N) is 1. The van der Waals surface area contributed by atoms with Crippen LogP contribution in [-0.4, -0.2) is 20.5 Å². The van der Waals surface area contributed by atoms with E-state index in [1.165, 1.54) is 29.5 Å². The van der Waals surface area contributed by atoms with Gasteiger partial charge in [0.2, 0.25) is 4.96 Å². The number of hydrogen-bond donors (Lipinski definition) is 1. The summed E-state index contributed by atoms with van der Waals surface area (Å²) in [5, 5.41) is 9.66. The summed E-state index contributed by atoms with van der Waals surface area (Å²) in [5.41, 5.74) is 2.30. The third-order valence-corrected chi connectivity index (χ3v) is 5.38. The molecule has 0 atom stereocenters. The molecule has 140 valence electrons. The number of halogens is 3. The third-order valence-electron chi connectivity index (χ3n) is 3.83. The number of carbonyl (C=O) groups is 1. The number of anilines is 1. The summed E-state index contributed by atoms with van der Waals surface area (Å²) in [6, 6.07) is 11.2. The van der Waals surface area contributed by atoms with Crippen molar-refractivity contribution in [2.45, 2.75) is 0 Å². The standard InChI is InChI=1S/C19H11Cl2FN4OS/c20-14-7-1-11(9-15(14)21)2-8-17(27)23-18-24-19-26(25-18)16(10-28-19)12-3-5-13(22)6-4-12/h1-10H,(H,23,25,27)/b8-2+. The van der Waals surface area contributed by atoms with Crippen LogP contribution in [0.1, 0.15) is 5.56 Å². The minimum absolute atomic E-state index is 0.180. The number of rotatable bonds is 4. The molecular formula is C19H11Cl2FN4OS. The Balaban J connectivity index is 1.51. The summed E-state index contributed by atoms with van der Waals surface area (Å²) in [6.07, 6.45) is 2.97. The van der Waals surface area contributed by atoms with Gasteiger partial charge in [-0.25, -0.2) is 8.91 Å². The van der Waals surface area contributed by atoms with Crippen molar-refractivity contribution in [3.8, 4) is 11.3 Å². The number of amides is 1. The van der Waals surface area contributed by atoms with Crippen molar-refractivity contribution >= 4 is 57.4 Å². The van der Waals surface area contributed by atoms with Crippen molar-refractivity contribution in [3.63, 3.8) is 0 Å². The summed E-state index contributed by atoms with van der Waals surface area (Å²) in [4.78, 5) is 17.0. The minimum atomic E-state index is -0.382. The van der Waals surface area contributed by atoms with Gasteiger partial charge < -0.3 is 0 Å². The van der Waals surface area contributed by atoms with Crippen LogP contribution >= 0.6 is 34.5 Å². The predicted octanol–water partition coefficient (Wildman–Crippen LogP) is 5.56. The molecule has 0 unspecified atom stereocenters. The Morgan fingerprint density at radius 2 is 1.93 bits per heavy atom. The first-order valence-corrected chi connectivity index (χ1v) is 9.67. The lowest BCUT2D eigenvalue weighted by molar-refractivity contribution is -0.111. The van der Waals surface area contributed by atoms with Crippen LogP contribution in [0.5, 0.6) is 0 Å². The summed E-state index contributed by atoms with van der Waals surface area (Å²) in [6.45, 7) is 0. The van der Waals surface area contributed by atoms with E-state index in [1.54, 1.807) is 40.9 Å². The molecule has 9 heteroatoms. The van der Waals surface area contributed by atoms with E-state index in [1.807, 2.05) is 5.38 Å². The molecule has 0 fully saturated rings. The molecule has 5 nitrogen and oxygen atoms in total. The molecule has 2 aromatic heterocycles. The SMILES string of the molecule is O=C(/C=C/c1ccc(Cl)c(Cl)c1)Nc1nc2scc(-c3ccc(F)cc3)n2n1. The van der Waals surface area contributed by atoms with Gasteiger partial charge in [-0.1, -0.05) is 29.3 Å². The Bertz CT molecular complexity index is 1200. The van der Waals surface area contributed by atoms with E-state index in [2.05, 4.69) is 15.4 Å². The number of benzene rings is 2. The first-order valence-electron chi connectivity index (χ1n) is 8.04. The molecular weight excluding hydrogens is 422 g/mol. The van der Waals surface area contributed by atoms with Gasteiger partial charge in [0.15, 0.2) is 0 Å². The Morgan fingerprint density at radius 3 is 2.68 bits per heavy atom. The lowest BCUT2D eigenvalue weighted by atomic mass is 10.2. The van der Waals surface area contributed by atoms with Gasteiger partial charge in [0.05, 0.1) is 15.7 Å². The van der Waals surface area contributed by atoms with Crippen LogP contribution in [0.2, 0.25) is 10.0 Å². The van der Waals surface area contributed by atoms with E-state index in [0.29, 0.717) is 15.0 Å². The van der Waals surface area contributed by atoms with E-state index in [9.17, 15) is 9.18 Å². The van der Waals surface area contributed by atoms with E-state index in [0.717, 1.165) is 16.8 Å². The van der Waals surface area contributed by atoms with Crippen LogP contribution < -0.4 is 5.32 Å². The Kier molecular flexibility index (Phi) is 5.13. The van der Waals surface area contributed by atoms with Crippen LogP contribution in [0.25, 0.3) is 22.3 Å². The summed E-state index contributed by atoms with van der Waals surface area (Å²) < 4.78 is 14.7. The van der Waals surface area contributed by atoms with Gasteiger partial charge in [-0.3, -0.25) is 10.1 Å². The smallest absolute Gasteiger partial charge is 0.250 e. The molecule has 0 bridgehead atoms. The second kappa shape index (κ2) is 7.71. The lowest BCUT2D eigenvalue weighted by Crippen LogP contribution is -2.09. The zero-order valence-corrected chi connectivity index (χ0v) is 16.4. The second-order valence-corrected chi connectivity index (χ2v) is 7.40. The van der Waals surface area contributed by atoms with Gasteiger partial charge in [0.1, 0.15) is 5.82 Å². The van der Waals surface area contributed by atoms with Gasteiger partial charge in [-0.2, -0.15) is 4.98 Å². The number of aromatic nitrogens is 3. The predicted molar refractivity (Wildman–Crippen MR) is 110 cm³/mol. The highest BCUT2D eigenvalue weighted by atomic mass is 35.5. The van der Waals surface area contributed by atoms with Gasteiger partial charge in [-0.15, -0.1) is 16.4 Å². The van der Waals surface area contributed by atoms with Crippen molar-refractivity contribution in [1.82, 2.24) is 14.6 Å². The Hall–Kier alpha value is -2.74. The van der Waals surface area contributed by atoms with Crippen LogP contribution in [0.3, 0.4) is 0 Å². The summed E-state index contributed by atoms with van der Waals surface area (Å²) in [7, 11) is 0. The molecule has 28 heavy (non-hydrogen) atoms. The second-order valence-electron chi connectivity index (χ2n) is 5.75. The molecule has 2 heterocycles. The molecule has 0 spiro atoms. The van der Waals surface area contributed by atoms with Crippen molar-refractivity contribution in [3.05, 3.63) is 75.3 Å². The maximum Gasteiger partial charge on any atom is 0.250 e. The van der Waals surface area contributed by atoms with E-state index in [4.69, 9.17) is 23.2 Å². The molecule has 1 amide bonds. The quantitative estimate of drug-likeness (QED) is 0.429. The Morgan fingerprint density at radius 1 is 1.14 bits per heavy atom. The highest BCUT2D eigenvalue weighted by Gasteiger charge is 2.12. The normalized spacial score (nSPS) is 11.4. The van der Waals surface area contributed by atoms with Crippen molar-refractivity contribution in [1.29, 1.82) is 0 Å². The van der Waals surface area contributed by atoms with E-state index in [-0.39, 0.29) is 17.7 Å². The van der Waals surface area contributed by atoms with Gasteiger partial charge in [0.25, 0.3) is 11.9 Å². The fourth-order valence-electron chi connectivity index (χ4n) is 2.49. The molecule has 0 aliphatic heterocycles. The van der Waals surface area contributed by atoms with E-state index < -0.39 is 0 Å².